The van der Waals surface area contributed by atoms with Crippen LogP contribution in [0.1, 0.15) is 21.5 Å². The summed E-state index contributed by atoms with van der Waals surface area (Å²) in [6.45, 7) is -2.61. The number of ether oxygens (including phenoxy) is 2. The monoisotopic (exact) mass is 456 g/mol. The minimum absolute atomic E-state index is 0.208. The first-order valence-corrected chi connectivity index (χ1v) is 9.79. The number of carbonyl (C=O) groups is 1. The van der Waals surface area contributed by atoms with Crippen LogP contribution in [0.5, 0.6) is 11.5 Å². The van der Waals surface area contributed by atoms with Crippen molar-refractivity contribution in [1.29, 1.82) is 0 Å². The topological polar surface area (TPSA) is 79.1 Å². The highest BCUT2D eigenvalue weighted by Gasteiger charge is 2.20. The predicted octanol–water partition coefficient (Wildman–Crippen LogP) is 4.46. The molecule has 3 aromatic rings. The van der Waals surface area contributed by atoms with Crippen molar-refractivity contribution in [1.82, 2.24) is 20.2 Å². The van der Waals surface area contributed by atoms with Gasteiger partial charge in [-0.15, -0.1) is 5.10 Å². The minimum Gasteiger partial charge on any atom is -0.435 e. The van der Waals surface area contributed by atoms with Crippen molar-refractivity contribution in [2.45, 2.75) is 32.2 Å². The molecule has 0 aliphatic heterocycles. The lowest BCUT2D eigenvalue weighted by molar-refractivity contribution is -0.0544. The molecule has 0 N–H and O–H groups in total. The summed E-state index contributed by atoms with van der Waals surface area (Å²) in [5.74, 6) is -1.76. The van der Waals surface area contributed by atoms with Crippen molar-refractivity contribution in [2.24, 2.45) is 0 Å². The van der Waals surface area contributed by atoms with E-state index < -0.39 is 30.5 Å². The van der Waals surface area contributed by atoms with Gasteiger partial charge in [0.15, 0.2) is 5.78 Å². The van der Waals surface area contributed by atoms with Gasteiger partial charge in [-0.05, 0) is 53.6 Å². The number of benzene rings is 2. The number of rotatable bonds is 9. The normalized spacial score (nSPS) is 11.2. The fraction of sp³-hybridized carbons (Fsp3) is 0.263. The smallest absolute Gasteiger partial charge is 0.387 e. The number of hydrogen-bond donors (Lipinski definition) is 0. The number of aryl methyl sites for hydroxylation is 2. The highest BCUT2D eigenvalue weighted by molar-refractivity contribution is 7.99. The quantitative estimate of drug-likeness (QED) is 0.267. The number of tetrazole rings is 1. The van der Waals surface area contributed by atoms with E-state index in [1.807, 2.05) is 32.0 Å². The molecule has 2 aromatic carbocycles. The summed E-state index contributed by atoms with van der Waals surface area (Å²) < 4.78 is 60.2. The fourth-order valence-corrected chi connectivity index (χ4v) is 3.45. The van der Waals surface area contributed by atoms with Gasteiger partial charge < -0.3 is 9.47 Å². The largest absolute Gasteiger partial charge is 0.435 e. The molecule has 0 bridgehead atoms. The summed E-state index contributed by atoms with van der Waals surface area (Å²) in [6.07, 6.45) is 0. The SMILES string of the molecule is Cc1ccc(C)c(-n2nnnc2SCC(=O)c2ccc(OC(F)F)cc2OC(F)F)c1. The molecule has 0 fully saturated rings. The molecule has 0 spiro atoms. The molecule has 0 aliphatic rings. The van der Waals surface area contributed by atoms with Crippen LogP contribution in [-0.2, 0) is 0 Å². The lowest BCUT2D eigenvalue weighted by Crippen LogP contribution is -2.11. The maximum Gasteiger partial charge on any atom is 0.387 e. The third-order valence-electron chi connectivity index (χ3n) is 4.06. The van der Waals surface area contributed by atoms with E-state index in [-0.39, 0.29) is 11.3 Å². The van der Waals surface area contributed by atoms with Gasteiger partial charge >= 0.3 is 13.2 Å². The van der Waals surface area contributed by atoms with E-state index in [1.54, 1.807) is 0 Å². The molecule has 1 aromatic heterocycles. The van der Waals surface area contributed by atoms with Gasteiger partial charge in [0.05, 0.1) is 17.0 Å². The molecular weight excluding hydrogens is 440 g/mol. The van der Waals surface area contributed by atoms with E-state index >= 15 is 0 Å². The first-order chi connectivity index (χ1) is 14.7. The van der Waals surface area contributed by atoms with Gasteiger partial charge in [0.1, 0.15) is 11.5 Å². The minimum atomic E-state index is -3.25. The summed E-state index contributed by atoms with van der Waals surface area (Å²) in [5, 5.41) is 11.8. The van der Waals surface area contributed by atoms with Crippen molar-refractivity contribution in [3.63, 3.8) is 0 Å². The molecule has 0 amide bonds. The summed E-state index contributed by atoms with van der Waals surface area (Å²) in [7, 11) is 0. The first-order valence-electron chi connectivity index (χ1n) is 8.80. The lowest BCUT2D eigenvalue weighted by atomic mass is 10.1. The van der Waals surface area contributed by atoms with E-state index in [4.69, 9.17) is 0 Å². The predicted molar refractivity (Wildman–Crippen MR) is 103 cm³/mol. The van der Waals surface area contributed by atoms with Crippen LogP contribution in [0.15, 0.2) is 41.6 Å². The second-order valence-corrected chi connectivity index (χ2v) is 7.23. The summed E-state index contributed by atoms with van der Waals surface area (Å²) in [6, 6.07) is 8.70. The van der Waals surface area contributed by atoms with E-state index in [9.17, 15) is 22.4 Å². The zero-order valence-corrected chi connectivity index (χ0v) is 17.1. The third-order valence-corrected chi connectivity index (χ3v) is 4.98. The standard InChI is InChI=1S/C19H16F4N4O3S/c1-10-3-4-11(2)14(7-10)27-19(24-25-26-27)31-9-15(28)13-6-5-12(29-17(20)21)8-16(13)30-18(22)23/h3-8,17-18H,9H2,1-2H3. The molecule has 31 heavy (non-hydrogen) atoms. The average Bonchev–Trinajstić information content (AvgIpc) is 3.15. The molecule has 0 unspecified atom stereocenters. The zero-order valence-electron chi connectivity index (χ0n) is 16.3. The van der Waals surface area contributed by atoms with Crippen molar-refractivity contribution < 1.29 is 31.8 Å². The Balaban J connectivity index is 1.80. The van der Waals surface area contributed by atoms with E-state index in [0.717, 1.165) is 46.8 Å². The highest BCUT2D eigenvalue weighted by atomic mass is 32.2. The number of ketones is 1. The van der Waals surface area contributed by atoms with E-state index in [2.05, 4.69) is 25.0 Å². The summed E-state index contributed by atoms with van der Waals surface area (Å²) in [4.78, 5) is 12.6. The number of hydrogen-bond acceptors (Lipinski definition) is 7. The van der Waals surface area contributed by atoms with Gasteiger partial charge in [-0.25, -0.2) is 0 Å². The summed E-state index contributed by atoms with van der Waals surface area (Å²) >= 11 is 0.991. The van der Waals surface area contributed by atoms with Crippen molar-refractivity contribution in [3.05, 3.63) is 53.1 Å². The number of Topliss-reactive ketones (excluding diaryl/α,β-unsaturated/α-hetero) is 1. The van der Waals surface area contributed by atoms with Gasteiger partial charge in [-0.3, -0.25) is 4.79 Å². The first kappa shape index (κ1) is 22.5. The van der Waals surface area contributed by atoms with Crippen LogP contribution < -0.4 is 9.47 Å². The summed E-state index contributed by atoms with van der Waals surface area (Å²) in [5.41, 5.74) is 2.42. The van der Waals surface area contributed by atoms with Gasteiger partial charge in [0.25, 0.3) is 0 Å². The molecule has 0 saturated heterocycles. The van der Waals surface area contributed by atoms with Crippen LogP contribution >= 0.6 is 11.8 Å². The third kappa shape index (κ3) is 5.72. The number of alkyl halides is 4. The molecule has 1 heterocycles. The molecule has 0 radical (unpaired) electrons. The van der Waals surface area contributed by atoms with Gasteiger partial charge in [0, 0.05) is 6.07 Å². The van der Waals surface area contributed by atoms with Gasteiger partial charge in [-0.2, -0.15) is 22.2 Å². The van der Waals surface area contributed by atoms with Crippen LogP contribution in [0, 0.1) is 13.8 Å². The van der Waals surface area contributed by atoms with Crippen LogP contribution in [-0.4, -0.2) is 45.0 Å². The maximum atomic E-state index is 12.7. The molecule has 0 saturated carbocycles. The Morgan fingerprint density at radius 2 is 1.81 bits per heavy atom. The van der Waals surface area contributed by atoms with Crippen molar-refractivity contribution >= 4 is 17.5 Å². The zero-order chi connectivity index (χ0) is 22.5. The number of aromatic nitrogens is 4. The molecule has 164 valence electrons. The Morgan fingerprint density at radius 3 is 2.52 bits per heavy atom. The Morgan fingerprint density at radius 1 is 1.06 bits per heavy atom. The number of nitrogens with zero attached hydrogens (tertiary/aromatic N) is 4. The molecular formula is C19H16F4N4O3S. The number of carbonyl (C=O) groups excluding carboxylic acids is 1. The Labute approximate surface area is 178 Å². The Kier molecular flexibility index (Phi) is 7.10. The molecule has 0 aliphatic carbocycles. The fourth-order valence-electron chi connectivity index (χ4n) is 2.68. The average molecular weight is 456 g/mol. The van der Waals surface area contributed by atoms with Crippen LogP contribution in [0.4, 0.5) is 17.6 Å². The second-order valence-electron chi connectivity index (χ2n) is 6.29. The lowest BCUT2D eigenvalue weighted by Gasteiger charge is -2.12. The second kappa shape index (κ2) is 9.77. The molecule has 0 atom stereocenters. The van der Waals surface area contributed by atoms with E-state index in [1.165, 1.54) is 4.68 Å². The van der Waals surface area contributed by atoms with Gasteiger partial charge in [-0.1, -0.05) is 23.9 Å². The molecule has 12 heteroatoms. The number of thioether (sulfide) groups is 1. The van der Waals surface area contributed by atoms with E-state index in [0.29, 0.717) is 5.16 Å². The van der Waals surface area contributed by atoms with Crippen LogP contribution in [0.3, 0.4) is 0 Å². The maximum absolute atomic E-state index is 12.7. The Hall–Kier alpha value is -3.15. The number of halogens is 4. The molecule has 7 nitrogen and oxygen atoms in total. The van der Waals surface area contributed by atoms with Crippen LogP contribution in [0.2, 0.25) is 0 Å². The molecule has 3 rings (SSSR count). The Bertz CT molecular complexity index is 1080. The van der Waals surface area contributed by atoms with Crippen LogP contribution in [0.25, 0.3) is 5.69 Å². The highest BCUT2D eigenvalue weighted by Crippen LogP contribution is 2.30. The van der Waals surface area contributed by atoms with Crippen molar-refractivity contribution in [3.8, 4) is 17.2 Å². The van der Waals surface area contributed by atoms with Crippen molar-refractivity contribution in [2.75, 3.05) is 5.75 Å². The van der Waals surface area contributed by atoms with Gasteiger partial charge in [0.2, 0.25) is 5.16 Å².